The van der Waals surface area contributed by atoms with E-state index in [0.29, 0.717) is 24.4 Å². The minimum absolute atomic E-state index is 0.0118. The summed E-state index contributed by atoms with van der Waals surface area (Å²) in [7, 11) is 1.56. The summed E-state index contributed by atoms with van der Waals surface area (Å²) >= 11 is 3.61. The van der Waals surface area contributed by atoms with Crippen LogP contribution in [0.25, 0.3) is 0 Å². The number of fused-ring (bicyclic) bond motifs is 1. The number of nitrogens with one attached hydrogen (secondary N) is 2. The number of nitrogens with zero attached hydrogens (tertiary/aromatic N) is 1. The number of rotatable bonds is 8. The molecule has 0 saturated carbocycles. The monoisotopic (exact) mass is 509 g/mol. The number of halogens is 1. The van der Waals surface area contributed by atoms with Crippen molar-refractivity contribution in [1.29, 1.82) is 0 Å². The molecule has 32 heavy (non-hydrogen) atoms. The maximum Gasteiger partial charge on any atom is 0.250 e. The smallest absolute Gasteiger partial charge is 0.250 e. The van der Waals surface area contributed by atoms with Crippen molar-refractivity contribution in [1.82, 2.24) is 10.2 Å². The fraction of sp³-hybridized carbons (Fsp3) is 0.591. The summed E-state index contributed by atoms with van der Waals surface area (Å²) in [5.41, 5.74) is -0.581. The third-order valence-corrected chi connectivity index (χ3v) is 7.43. The predicted octanol–water partition coefficient (Wildman–Crippen LogP) is 0.900. The average Bonchev–Trinajstić information content (AvgIpc) is 3.36. The highest BCUT2D eigenvalue weighted by Gasteiger charge is 2.76. The number of aliphatic hydroxyl groups excluding tert-OH is 1. The van der Waals surface area contributed by atoms with Gasteiger partial charge in [0.25, 0.3) is 0 Å². The highest BCUT2D eigenvalue weighted by atomic mass is 79.9. The van der Waals surface area contributed by atoms with E-state index in [1.807, 2.05) is 6.92 Å². The lowest BCUT2D eigenvalue weighted by Crippen LogP contribution is -2.54. The third kappa shape index (κ3) is 3.58. The number of methoxy groups -OCH3 is 1. The molecular formula is C22H28BrN3O6. The molecule has 174 valence electrons. The first kappa shape index (κ1) is 23.0. The van der Waals surface area contributed by atoms with E-state index in [0.717, 1.165) is 6.42 Å². The number of aliphatic hydroxyl groups is 1. The molecule has 1 aromatic rings. The molecule has 2 bridgehead atoms. The maximum absolute atomic E-state index is 13.5. The van der Waals surface area contributed by atoms with E-state index in [-0.39, 0.29) is 29.8 Å². The van der Waals surface area contributed by atoms with Gasteiger partial charge in [0.15, 0.2) is 0 Å². The van der Waals surface area contributed by atoms with Gasteiger partial charge in [-0.2, -0.15) is 0 Å². The fourth-order valence-corrected chi connectivity index (χ4v) is 6.27. The van der Waals surface area contributed by atoms with Crippen molar-refractivity contribution in [2.45, 2.75) is 42.3 Å². The highest BCUT2D eigenvalue weighted by Crippen LogP contribution is 2.60. The Bertz CT molecular complexity index is 896. The first-order valence-corrected chi connectivity index (χ1v) is 11.7. The molecule has 3 N–H and O–H groups in total. The molecule has 1 spiro atoms. The molecule has 1 aromatic carbocycles. The van der Waals surface area contributed by atoms with Crippen molar-refractivity contribution in [2.24, 2.45) is 11.8 Å². The molecule has 3 unspecified atom stereocenters. The van der Waals surface area contributed by atoms with Crippen LogP contribution in [0, 0.1) is 11.8 Å². The van der Waals surface area contributed by atoms with E-state index < -0.39 is 35.5 Å². The molecule has 3 fully saturated rings. The summed E-state index contributed by atoms with van der Waals surface area (Å²) in [5, 5.41) is 15.3. The first-order chi connectivity index (χ1) is 15.4. The second kappa shape index (κ2) is 8.99. The molecule has 3 heterocycles. The lowest BCUT2D eigenvalue weighted by molar-refractivity contribution is -0.141. The summed E-state index contributed by atoms with van der Waals surface area (Å²) < 4.78 is 11.5. The molecule has 3 amide bonds. The fourth-order valence-electron chi connectivity index (χ4n) is 5.33. The summed E-state index contributed by atoms with van der Waals surface area (Å²) in [6.45, 7) is 2.15. The van der Waals surface area contributed by atoms with Gasteiger partial charge in [-0.15, -0.1) is 0 Å². The van der Waals surface area contributed by atoms with Crippen LogP contribution in [0.2, 0.25) is 0 Å². The number of hydrogen-bond acceptors (Lipinski definition) is 6. The molecule has 0 radical (unpaired) electrons. The van der Waals surface area contributed by atoms with Gasteiger partial charge in [-0.25, -0.2) is 0 Å². The quantitative estimate of drug-likeness (QED) is 0.448. The van der Waals surface area contributed by atoms with Gasteiger partial charge < -0.3 is 30.1 Å². The van der Waals surface area contributed by atoms with Crippen LogP contribution < -0.4 is 15.4 Å². The Kier molecular flexibility index (Phi) is 6.46. The summed E-state index contributed by atoms with van der Waals surface area (Å²) in [6.07, 6.45) is 0.705. The molecule has 9 nitrogen and oxygen atoms in total. The highest BCUT2D eigenvalue weighted by molar-refractivity contribution is 9.09. The average molecular weight is 510 g/mol. The molecule has 10 heteroatoms. The minimum atomic E-state index is -1.13. The van der Waals surface area contributed by atoms with Crippen LogP contribution >= 0.6 is 15.9 Å². The van der Waals surface area contributed by atoms with Crippen LogP contribution in [-0.4, -0.2) is 77.1 Å². The third-order valence-electron chi connectivity index (χ3n) is 6.59. The number of likely N-dealkylation sites (tertiary alicyclic amines) is 1. The number of hydrogen-bond donors (Lipinski definition) is 3. The number of amides is 3. The number of ether oxygens (including phenoxy) is 2. The van der Waals surface area contributed by atoms with E-state index >= 15 is 0 Å². The van der Waals surface area contributed by atoms with Crippen molar-refractivity contribution in [3.63, 3.8) is 0 Å². The molecule has 3 aliphatic heterocycles. The van der Waals surface area contributed by atoms with Crippen molar-refractivity contribution in [3.8, 4) is 5.75 Å². The molecule has 0 aromatic heterocycles. The van der Waals surface area contributed by atoms with Crippen molar-refractivity contribution in [2.75, 3.05) is 32.1 Å². The van der Waals surface area contributed by atoms with E-state index in [1.54, 1.807) is 31.4 Å². The Labute approximate surface area is 194 Å². The van der Waals surface area contributed by atoms with Gasteiger partial charge in [0.2, 0.25) is 17.7 Å². The molecule has 0 aliphatic carbocycles. The van der Waals surface area contributed by atoms with Gasteiger partial charge in [0.1, 0.15) is 17.4 Å². The number of alkyl halides is 1. The zero-order chi connectivity index (χ0) is 23.0. The van der Waals surface area contributed by atoms with Gasteiger partial charge in [-0.3, -0.25) is 14.4 Å². The summed E-state index contributed by atoms with van der Waals surface area (Å²) in [5.74, 6) is -1.77. The standard InChI is InChI=1S/C22H28BrN3O6/c1-3-8-24-19(28)15-16-21(30)26(9-10-27)18(22(16)11-14(23)17(15)32-22)20(29)25-12-4-6-13(31-2)7-5-12/h4-7,14-18,27H,3,8-11H2,1-2H3,(H,24,28)(H,25,29)/t14?,15-,16-,17-,18?,22?/m0/s1. The minimum Gasteiger partial charge on any atom is -0.497 e. The van der Waals surface area contributed by atoms with Crippen LogP contribution in [0.4, 0.5) is 5.69 Å². The lowest BCUT2D eigenvalue weighted by Gasteiger charge is -2.34. The normalized spacial score (nSPS) is 32.7. The van der Waals surface area contributed by atoms with E-state index in [1.165, 1.54) is 4.90 Å². The molecule has 6 atom stereocenters. The second-order valence-electron chi connectivity index (χ2n) is 8.43. The van der Waals surface area contributed by atoms with Gasteiger partial charge in [-0.05, 0) is 37.1 Å². The molecule has 3 saturated heterocycles. The van der Waals surface area contributed by atoms with Crippen LogP contribution in [0.5, 0.6) is 5.75 Å². The Hall–Kier alpha value is -2.17. The van der Waals surface area contributed by atoms with Crippen molar-refractivity contribution in [3.05, 3.63) is 24.3 Å². The van der Waals surface area contributed by atoms with Gasteiger partial charge in [0, 0.05) is 23.6 Å². The summed E-state index contributed by atoms with van der Waals surface area (Å²) in [4.78, 5) is 41.1. The first-order valence-electron chi connectivity index (χ1n) is 10.8. The summed E-state index contributed by atoms with van der Waals surface area (Å²) in [6, 6.07) is 5.91. The van der Waals surface area contributed by atoms with Gasteiger partial charge in [0.05, 0.1) is 31.7 Å². The van der Waals surface area contributed by atoms with Crippen LogP contribution in [0.1, 0.15) is 19.8 Å². The van der Waals surface area contributed by atoms with Crippen molar-refractivity contribution >= 4 is 39.3 Å². The van der Waals surface area contributed by atoms with Crippen LogP contribution in [0.3, 0.4) is 0 Å². The Balaban J connectivity index is 1.66. The molecule has 4 rings (SSSR count). The number of carbonyl (C=O) groups is 3. The topological polar surface area (TPSA) is 117 Å². The Morgan fingerprint density at radius 2 is 2.03 bits per heavy atom. The Morgan fingerprint density at radius 3 is 2.66 bits per heavy atom. The number of benzene rings is 1. The van der Waals surface area contributed by atoms with E-state index in [9.17, 15) is 19.5 Å². The maximum atomic E-state index is 13.5. The molecular weight excluding hydrogens is 482 g/mol. The zero-order valence-electron chi connectivity index (χ0n) is 18.0. The number of carbonyl (C=O) groups excluding carboxylic acids is 3. The second-order valence-corrected chi connectivity index (χ2v) is 9.60. The van der Waals surface area contributed by atoms with E-state index in [2.05, 4.69) is 26.6 Å². The number of anilines is 1. The van der Waals surface area contributed by atoms with Crippen LogP contribution in [-0.2, 0) is 19.1 Å². The molecule has 3 aliphatic rings. The van der Waals surface area contributed by atoms with Gasteiger partial charge in [-0.1, -0.05) is 22.9 Å². The largest absolute Gasteiger partial charge is 0.497 e. The predicted molar refractivity (Wildman–Crippen MR) is 119 cm³/mol. The van der Waals surface area contributed by atoms with Crippen molar-refractivity contribution < 1.29 is 29.0 Å². The number of β-amino-alcohol motifs (C(OH)–C–C–N with tert-alkyl or cyclic N) is 1. The van der Waals surface area contributed by atoms with Gasteiger partial charge >= 0.3 is 0 Å². The zero-order valence-corrected chi connectivity index (χ0v) is 19.6. The SMILES string of the molecule is CCCNC(=O)[C@H]1[C@H]2C(=O)N(CCO)C(C(=O)Nc3ccc(OC)cc3)C23CC(Br)[C@@H]1O3. The lowest BCUT2D eigenvalue weighted by atomic mass is 9.70. The van der Waals surface area contributed by atoms with Crippen LogP contribution in [0.15, 0.2) is 24.3 Å². The van der Waals surface area contributed by atoms with E-state index in [4.69, 9.17) is 9.47 Å². The Morgan fingerprint density at radius 1 is 1.31 bits per heavy atom.